The van der Waals surface area contributed by atoms with Gasteiger partial charge in [0.25, 0.3) is 10.7 Å². The molecule has 0 atom stereocenters. The van der Waals surface area contributed by atoms with Gasteiger partial charge in [0, 0.05) is 11.1 Å². The van der Waals surface area contributed by atoms with Crippen molar-refractivity contribution in [1.29, 1.82) is 0 Å². The number of hydrogen-bond acceptors (Lipinski definition) is 5. The molecule has 5 nitrogen and oxygen atoms in total. The number of ketones is 1. The van der Waals surface area contributed by atoms with E-state index < -0.39 is 0 Å². The van der Waals surface area contributed by atoms with Crippen LogP contribution in [0.25, 0.3) is 0 Å². The van der Waals surface area contributed by atoms with Crippen LogP contribution in [0.1, 0.15) is 21.8 Å². The van der Waals surface area contributed by atoms with Gasteiger partial charge < -0.3 is 9.15 Å². The minimum atomic E-state index is -0.0230. The molecule has 22 heavy (non-hydrogen) atoms. The first-order valence-corrected chi connectivity index (χ1v) is 7.00. The van der Waals surface area contributed by atoms with Crippen LogP contribution in [-0.2, 0) is 6.61 Å². The number of carbonyl (C=O) groups is 1. The van der Waals surface area contributed by atoms with E-state index in [0.717, 1.165) is 0 Å². The Hall–Kier alpha value is -2.73. The molecule has 6 heteroatoms. The smallest absolute Gasteiger partial charge is 0.284 e. The first-order valence-electron chi connectivity index (χ1n) is 6.59. The summed E-state index contributed by atoms with van der Waals surface area (Å²) >= 11 is 4.78. The van der Waals surface area contributed by atoms with Gasteiger partial charge in [0.2, 0.25) is 0 Å². The Labute approximate surface area is 131 Å². The van der Waals surface area contributed by atoms with E-state index in [1.54, 1.807) is 36.4 Å². The van der Waals surface area contributed by atoms with Gasteiger partial charge in [-0.2, -0.15) is 0 Å². The van der Waals surface area contributed by atoms with E-state index in [1.807, 2.05) is 18.2 Å². The number of H-pyrrole nitrogens is 1. The van der Waals surface area contributed by atoms with Crippen LogP contribution in [0.3, 0.4) is 0 Å². The summed E-state index contributed by atoms with van der Waals surface area (Å²) in [4.78, 5) is 12.5. The maximum absolute atomic E-state index is 12.3. The number of ether oxygens (including phenoxy) is 1. The van der Waals surface area contributed by atoms with Gasteiger partial charge in [0.1, 0.15) is 5.75 Å². The second-order valence-electron chi connectivity index (χ2n) is 4.52. The molecule has 0 aliphatic carbocycles. The molecule has 0 radical (unpaired) electrons. The largest absolute Gasteiger partial charge is 0.484 e. The van der Waals surface area contributed by atoms with Crippen molar-refractivity contribution < 1.29 is 13.9 Å². The summed E-state index contributed by atoms with van der Waals surface area (Å²) in [5, 5.41) is 6.36. The van der Waals surface area contributed by atoms with E-state index in [4.69, 9.17) is 21.4 Å². The summed E-state index contributed by atoms with van der Waals surface area (Å²) in [7, 11) is 0. The van der Waals surface area contributed by atoms with Crippen LogP contribution >= 0.6 is 12.2 Å². The van der Waals surface area contributed by atoms with Crippen molar-refractivity contribution in [2.24, 2.45) is 0 Å². The second kappa shape index (κ2) is 6.36. The molecule has 2 aromatic carbocycles. The first-order chi connectivity index (χ1) is 10.7. The van der Waals surface area contributed by atoms with Crippen molar-refractivity contribution in [2.45, 2.75) is 6.61 Å². The molecule has 0 saturated heterocycles. The number of nitrogens with zero attached hydrogens (tertiary/aromatic N) is 1. The average molecular weight is 312 g/mol. The highest BCUT2D eigenvalue weighted by atomic mass is 32.1. The summed E-state index contributed by atoms with van der Waals surface area (Å²) < 4.78 is 10.6. The molecule has 3 rings (SSSR count). The molecular weight excluding hydrogens is 300 g/mol. The highest BCUT2D eigenvalue weighted by Crippen LogP contribution is 2.16. The van der Waals surface area contributed by atoms with Crippen LogP contribution in [0.4, 0.5) is 0 Å². The van der Waals surface area contributed by atoms with Gasteiger partial charge in [-0.05, 0) is 36.5 Å². The fourth-order valence-electron chi connectivity index (χ4n) is 1.93. The third-order valence-corrected chi connectivity index (χ3v) is 3.17. The Morgan fingerprint density at radius 2 is 1.77 bits per heavy atom. The van der Waals surface area contributed by atoms with E-state index in [9.17, 15) is 4.79 Å². The van der Waals surface area contributed by atoms with Crippen LogP contribution in [0.5, 0.6) is 5.75 Å². The van der Waals surface area contributed by atoms with Crippen molar-refractivity contribution in [3.05, 3.63) is 76.5 Å². The SMILES string of the molecule is O=C(c1ccccc1)c1ccc(OCc2n[nH]c(=S)o2)cc1. The number of nitrogens with one attached hydrogen (secondary N) is 1. The molecule has 0 fully saturated rings. The summed E-state index contributed by atoms with van der Waals surface area (Å²) in [6, 6.07) is 16.1. The third-order valence-electron chi connectivity index (χ3n) is 3.00. The Balaban J connectivity index is 1.67. The number of aromatic amines is 1. The van der Waals surface area contributed by atoms with Crippen molar-refractivity contribution in [1.82, 2.24) is 10.2 Å². The van der Waals surface area contributed by atoms with Crippen LogP contribution in [0, 0.1) is 4.84 Å². The van der Waals surface area contributed by atoms with Gasteiger partial charge in [-0.15, -0.1) is 5.10 Å². The van der Waals surface area contributed by atoms with Crippen molar-refractivity contribution in [3.63, 3.8) is 0 Å². The molecule has 3 aromatic rings. The zero-order valence-corrected chi connectivity index (χ0v) is 12.3. The highest BCUT2D eigenvalue weighted by molar-refractivity contribution is 7.71. The molecule has 0 spiro atoms. The van der Waals surface area contributed by atoms with Crippen LogP contribution in [0.2, 0.25) is 0 Å². The van der Waals surface area contributed by atoms with Crippen LogP contribution in [-0.4, -0.2) is 16.0 Å². The lowest BCUT2D eigenvalue weighted by Gasteiger charge is -2.05. The van der Waals surface area contributed by atoms with Gasteiger partial charge in [-0.1, -0.05) is 30.3 Å². The highest BCUT2D eigenvalue weighted by Gasteiger charge is 2.08. The zero-order valence-electron chi connectivity index (χ0n) is 11.5. The predicted molar refractivity (Wildman–Crippen MR) is 82.3 cm³/mol. The number of aromatic nitrogens is 2. The molecule has 0 amide bonds. The molecule has 0 aliphatic rings. The zero-order chi connectivity index (χ0) is 15.4. The first kappa shape index (κ1) is 14.2. The Bertz CT molecular complexity index is 822. The second-order valence-corrected chi connectivity index (χ2v) is 4.89. The fourth-order valence-corrected chi connectivity index (χ4v) is 2.07. The lowest BCUT2D eigenvalue weighted by atomic mass is 10.0. The molecule has 0 unspecified atom stereocenters. The van der Waals surface area contributed by atoms with Gasteiger partial charge in [0.15, 0.2) is 12.4 Å². The van der Waals surface area contributed by atoms with Crippen LogP contribution in [0.15, 0.2) is 59.0 Å². The predicted octanol–water partition coefficient (Wildman–Crippen LogP) is 3.54. The Kier molecular flexibility index (Phi) is 4.11. The van der Waals surface area contributed by atoms with E-state index >= 15 is 0 Å². The monoisotopic (exact) mass is 312 g/mol. The Morgan fingerprint density at radius 3 is 2.41 bits per heavy atom. The average Bonchev–Trinajstić information content (AvgIpc) is 2.99. The van der Waals surface area contributed by atoms with Gasteiger partial charge in [-0.25, -0.2) is 5.10 Å². The van der Waals surface area contributed by atoms with E-state index in [0.29, 0.717) is 22.8 Å². The number of benzene rings is 2. The number of rotatable bonds is 5. The molecule has 0 saturated carbocycles. The van der Waals surface area contributed by atoms with Crippen molar-refractivity contribution in [3.8, 4) is 5.75 Å². The molecule has 0 aliphatic heterocycles. The lowest BCUT2D eigenvalue weighted by Crippen LogP contribution is -2.01. The van der Waals surface area contributed by atoms with E-state index in [1.165, 1.54) is 0 Å². The van der Waals surface area contributed by atoms with Crippen molar-refractivity contribution in [2.75, 3.05) is 0 Å². The molecular formula is C16H12N2O3S. The van der Waals surface area contributed by atoms with Gasteiger partial charge >= 0.3 is 0 Å². The van der Waals surface area contributed by atoms with Crippen LogP contribution < -0.4 is 4.74 Å². The van der Waals surface area contributed by atoms with Gasteiger partial charge in [-0.3, -0.25) is 4.79 Å². The fraction of sp³-hybridized carbons (Fsp3) is 0.0625. The summed E-state index contributed by atoms with van der Waals surface area (Å²) in [6.45, 7) is 0.166. The van der Waals surface area contributed by atoms with E-state index in [-0.39, 0.29) is 17.2 Å². The minimum Gasteiger partial charge on any atom is -0.484 e. The molecule has 1 heterocycles. The molecule has 0 bridgehead atoms. The molecule has 1 N–H and O–H groups in total. The maximum atomic E-state index is 12.3. The third kappa shape index (κ3) is 3.29. The standard InChI is InChI=1S/C16H12N2O3S/c19-15(11-4-2-1-3-5-11)12-6-8-13(9-7-12)20-10-14-17-18-16(22)21-14/h1-9H,10H2,(H,18,22). The number of hydrogen-bond donors (Lipinski definition) is 1. The minimum absolute atomic E-state index is 0.0230. The molecule has 1 aromatic heterocycles. The number of carbonyl (C=O) groups excluding carboxylic acids is 1. The molecule has 110 valence electrons. The maximum Gasteiger partial charge on any atom is 0.284 e. The van der Waals surface area contributed by atoms with Gasteiger partial charge in [0.05, 0.1) is 0 Å². The Morgan fingerprint density at radius 1 is 1.09 bits per heavy atom. The quantitative estimate of drug-likeness (QED) is 0.576. The van der Waals surface area contributed by atoms with Crippen molar-refractivity contribution >= 4 is 18.0 Å². The normalized spacial score (nSPS) is 10.4. The summed E-state index contributed by atoms with van der Waals surface area (Å²) in [6.07, 6.45) is 0. The summed E-state index contributed by atoms with van der Waals surface area (Å²) in [5.74, 6) is 0.966. The topological polar surface area (TPSA) is 68.1 Å². The lowest BCUT2D eigenvalue weighted by molar-refractivity contribution is 0.103. The van der Waals surface area contributed by atoms with E-state index in [2.05, 4.69) is 10.2 Å². The summed E-state index contributed by atoms with van der Waals surface area (Å²) in [5.41, 5.74) is 1.26.